The number of halogens is 1. The first kappa shape index (κ1) is 8.97. The lowest BCUT2D eigenvalue weighted by atomic mass is 9.83. The van der Waals surface area contributed by atoms with E-state index in [1.807, 2.05) is 10.6 Å². The van der Waals surface area contributed by atoms with Crippen LogP contribution in [0.4, 0.5) is 5.82 Å². The number of hydrogen-bond acceptors (Lipinski definition) is 3. The average molecular weight is 223 g/mol. The third kappa shape index (κ3) is 1.36. The molecular formula is C10H11ClN4. The molecule has 5 heteroatoms. The van der Waals surface area contributed by atoms with Gasteiger partial charge < -0.3 is 10.1 Å². The number of fused-ring (bicyclic) bond motifs is 1. The van der Waals surface area contributed by atoms with Crippen molar-refractivity contribution < 1.29 is 0 Å². The minimum absolute atomic E-state index is 0.396. The van der Waals surface area contributed by atoms with Crippen molar-refractivity contribution in [1.29, 1.82) is 0 Å². The van der Waals surface area contributed by atoms with E-state index in [4.69, 9.17) is 17.3 Å². The number of nitrogen functional groups attached to an aromatic ring is 1. The van der Waals surface area contributed by atoms with Gasteiger partial charge in [-0.1, -0.05) is 18.0 Å². The summed E-state index contributed by atoms with van der Waals surface area (Å²) in [5.41, 5.74) is 7.57. The summed E-state index contributed by atoms with van der Waals surface area (Å²) in [6.07, 6.45) is 7.49. The van der Waals surface area contributed by atoms with Crippen LogP contribution in [0.5, 0.6) is 0 Å². The summed E-state index contributed by atoms with van der Waals surface area (Å²) >= 11 is 5.82. The molecule has 3 rings (SSSR count). The van der Waals surface area contributed by atoms with Crippen LogP contribution in [-0.4, -0.2) is 14.4 Å². The Hall–Kier alpha value is -1.29. The molecule has 0 amide bonds. The predicted molar refractivity (Wildman–Crippen MR) is 59.0 cm³/mol. The quantitative estimate of drug-likeness (QED) is 0.805. The molecule has 15 heavy (non-hydrogen) atoms. The molecule has 0 unspecified atom stereocenters. The van der Waals surface area contributed by atoms with E-state index in [0.29, 0.717) is 22.5 Å². The van der Waals surface area contributed by atoms with Gasteiger partial charge in [-0.3, -0.25) is 0 Å². The number of nitrogens with two attached hydrogens (primary N) is 1. The molecule has 0 atom stereocenters. The Bertz CT molecular complexity index is 515. The van der Waals surface area contributed by atoms with Gasteiger partial charge in [0.25, 0.3) is 0 Å². The Morgan fingerprint density at radius 3 is 2.80 bits per heavy atom. The molecule has 2 aromatic heterocycles. The lowest BCUT2D eigenvalue weighted by Crippen LogP contribution is -2.08. The van der Waals surface area contributed by atoms with E-state index >= 15 is 0 Å². The van der Waals surface area contributed by atoms with Gasteiger partial charge in [0.2, 0.25) is 0 Å². The normalized spacial score (nSPS) is 16.9. The fourth-order valence-electron chi connectivity index (χ4n) is 1.91. The van der Waals surface area contributed by atoms with Crippen molar-refractivity contribution >= 4 is 23.1 Å². The predicted octanol–water partition coefficient (Wildman–Crippen LogP) is 2.23. The van der Waals surface area contributed by atoms with Crippen molar-refractivity contribution in [2.75, 3.05) is 5.73 Å². The molecule has 0 radical (unpaired) electrons. The Labute approximate surface area is 92.1 Å². The van der Waals surface area contributed by atoms with E-state index in [1.54, 1.807) is 6.20 Å². The van der Waals surface area contributed by atoms with Crippen LogP contribution in [0.25, 0.3) is 5.65 Å². The number of rotatable bonds is 1. The molecular weight excluding hydrogens is 212 g/mol. The fourth-order valence-corrected chi connectivity index (χ4v) is 2.11. The van der Waals surface area contributed by atoms with Gasteiger partial charge in [0.05, 0.1) is 5.69 Å². The highest BCUT2D eigenvalue weighted by molar-refractivity contribution is 6.29. The summed E-state index contributed by atoms with van der Waals surface area (Å²) in [5.74, 6) is 0.996. The third-order valence-corrected chi connectivity index (χ3v) is 3.16. The maximum Gasteiger partial charge on any atom is 0.180 e. The standard InChI is InChI=1S/C10H11ClN4/c11-8-5-15-4-7(6-2-1-3-6)13-10(15)9(12)14-8/h4-6H,1-3H2,(H2,12,14). The van der Waals surface area contributed by atoms with Crippen LogP contribution in [0.3, 0.4) is 0 Å². The van der Waals surface area contributed by atoms with E-state index in [0.717, 1.165) is 5.69 Å². The highest BCUT2D eigenvalue weighted by atomic mass is 35.5. The van der Waals surface area contributed by atoms with E-state index < -0.39 is 0 Å². The highest BCUT2D eigenvalue weighted by Gasteiger charge is 2.22. The zero-order valence-electron chi connectivity index (χ0n) is 8.15. The lowest BCUT2D eigenvalue weighted by molar-refractivity contribution is 0.412. The van der Waals surface area contributed by atoms with Crippen LogP contribution in [-0.2, 0) is 0 Å². The van der Waals surface area contributed by atoms with Gasteiger partial charge in [-0.15, -0.1) is 0 Å². The second kappa shape index (κ2) is 3.10. The summed E-state index contributed by atoms with van der Waals surface area (Å²) in [4.78, 5) is 8.47. The molecule has 0 aromatic carbocycles. The molecule has 0 saturated heterocycles. The van der Waals surface area contributed by atoms with E-state index in [2.05, 4.69) is 9.97 Å². The summed E-state index contributed by atoms with van der Waals surface area (Å²) in [6, 6.07) is 0. The molecule has 1 fully saturated rings. The molecule has 2 N–H and O–H groups in total. The molecule has 2 heterocycles. The first-order chi connectivity index (χ1) is 7.24. The van der Waals surface area contributed by atoms with E-state index in [-0.39, 0.29) is 0 Å². The van der Waals surface area contributed by atoms with Crippen molar-refractivity contribution in [2.24, 2.45) is 0 Å². The molecule has 0 aliphatic heterocycles. The van der Waals surface area contributed by atoms with E-state index in [1.165, 1.54) is 19.3 Å². The van der Waals surface area contributed by atoms with Crippen LogP contribution in [0, 0.1) is 0 Å². The Morgan fingerprint density at radius 1 is 1.33 bits per heavy atom. The first-order valence-corrected chi connectivity index (χ1v) is 5.42. The molecule has 2 aromatic rings. The van der Waals surface area contributed by atoms with Crippen LogP contribution in [0.2, 0.25) is 5.15 Å². The fraction of sp³-hybridized carbons (Fsp3) is 0.400. The summed E-state index contributed by atoms with van der Waals surface area (Å²) in [6.45, 7) is 0. The number of hydrogen-bond donors (Lipinski definition) is 1. The monoisotopic (exact) mass is 222 g/mol. The van der Waals surface area contributed by atoms with Gasteiger partial charge in [-0.05, 0) is 12.8 Å². The van der Waals surface area contributed by atoms with Crippen LogP contribution in [0.15, 0.2) is 12.4 Å². The van der Waals surface area contributed by atoms with Gasteiger partial charge in [0.1, 0.15) is 5.15 Å². The second-order valence-corrected chi connectivity index (χ2v) is 4.36. The minimum atomic E-state index is 0.396. The van der Waals surface area contributed by atoms with Gasteiger partial charge in [0, 0.05) is 18.3 Å². The molecule has 0 bridgehead atoms. The zero-order chi connectivity index (χ0) is 10.4. The van der Waals surface area contributed by atoms with Gasteiger partial charge >= 0.3 is 0 Å². The summed E-state index contributed by atoms with van der Waals surface area (Å²) < 4.78 is 1.86. The Kier molecular flexibility index (Phi) is 1.85. The summed E-state index contributed by atoms with van der Waals surface area (Å²) in [5, 5.41) is 0.401. The molecule has 1 aliphatic carbocycles. The maximum absolute atomic E-state index is 5.82. The largest absolute Gasteiger partial charge is 0.381 e. The molecule has 1 saturated carbocycles. The van der Waals surface area contributed by atoms with Crippen LogP contribution in [0.1, 0.15) is 30.9 Å². The Morgan fingerprint density at radius 2 is 2.13 bits per heavy atom. The third-order valence-electron chi connectivity index (χ3n) is 2.98. The number of aromatic nitrogens is 3. The molecule has 4 nitrogen and oxygen atoms in total. The number of nitrogens with zero attached hydrogens (tertiary/aromatic N) is 3. The Balaban J connectivity index is 2.16. The molecule has 1 aliphatic rings. The van der Waals surface area contributed by atoms with Gasteiger partial charge in [-0.2, -0.15) is 0 Å². The lowest BCUT2D eigenvalue weighted by Gasteiger charge is -2.22. The highest BCUT2D eigenvalue weighted by Crippen LogP contribution is 2.36. The number of anilines is 1. The smallest absolute Gasteiger partial charge is 0.180 e. The molecule has 0 spiro atoms. The van der Waals surface area contributed by atoms with Crippen molar-refractivity contribution in [1.82, 2.24) is 14.4 Å². The first-order valence-electron chi connectivity index (χ1n) is 5.04. The van der Waals surface area contributed by atoms with Gasteiger partial charge in [-0.25, -0.2) is 9.97 Å². The van der Waals surface area contributed by atoms with Gasteiger partial charge in [0.15, 0.2) is 11.5 Å². The van der Waals surface area contributed by atoms with Crippen molar-refractivity contribution in [3.63, 3.8) is 0 Å². The van der Waals surface area contributed by atoms with Crippen molar-refractivity contribution in [3.05, 3.63) is 23.2 Å². The average Bonchev–Trinajstić information content (AvgIpc) is 2.44. The zero-order valence-corrected chi connectivity index (χ0v) is 8.91. The second-order valence-electron chi connectivity index (χ2n) is 3.97. The minimum Gasteiger partial charge on any atom is -0.381 e. The van der Waals surface area contributed by atoms with Crippen LogP contribution < -0.4 is 5.73 Å². The van der Waals surface area contributed by atoms with Crippen molar-refractivity contribution in [2.45, 2.75) is 25.2 Å². The number of imidazole rings is 1. The topological polar surface area (TPSA) is 56.2 Å². The van der Waals surface area contributed by atoms with Crippen molar-refractivity contribution in [3.8, 4) is 0 Å². The van der Waals surface area contributed by atoms with E-state index in [9.17, 15) is 0 Å². The van der Waals surface area contributed by atoms with Crippen LogP contribution >= 0.6 is 11.6 Å². The maximum atomic E-state index is 5.82. The molecule has 78 valence electrons. The SMILES string of the molecule is Nc1nc(Cl)cn2cc(C3CCC3)nc12. The summed E-state index contributed by atoms with van der Waals surface area (Å²) in [7, 11) is 0.